The van der Waals surface area contributed by atoms with Crippen molar-refractivity contribution in [2.24, 2.45) is 5.73 Å². The number of nitrogens with zero attached hydrogens (tertiary/aromatic N) is 1. The first-order valence-corrected chi connectivity index (χ1v) is 5.68. The van der Waals surface area contributed by atoms with Crippen molar-refractivity contribution in [1.29, 1.82) is 0 Å². The fraction of sp³-hybridized carbons (Fsp3) is 0.143. The zero-order valence-corrected chi connectivity index (χ0v) is 9.87. The van der Waals surface area contributed by atoms with Gasteiger partial charge in [-0.3, -0.25) is 9.78 Å². The van der Waals surface area contributed by atoms with Crippen LogP contribution in [0.3, 0.4) is 0 Å². The van der Waals surface area contributed by atoms with Crippen LogP contribution in [0, 0.1) is 0 Å². The van der Waals surface area contributed by atoms with E-state index in [1.165, 1.54) is 0 Å². The summed E-state index contributed by atoms with van der Waals surface area (Å²) in [7, 11) is 0. The monoisotopic (exact) mass is 242 g/mol. The lowest BCUT2D eigenvalue weighted by Gasteiger charge is -2.06. The average molecular weight is 242 g/mol. The molecule has 0 aliphatic rings. The fourth-order valence-electron chi connectivity index (χ4n) is 1.56. The van der Waals surface area contributed by atoms with E-state index in [-0.39, 0.29) is 0 Å². The molecule has 1 aromatic heterocycles. The van der Waals surface area contributed by atoms with Crippen LogP contribution in [-0.2, 0) is 6.42 Å². The molecule has 1 heterocycles. The number of rotatable bonds is 5. The summed E-state index contributed by atoms with van der Waals surface area (Å²) in [6.07, 6.45) is 2.48. The summed E-state index contributed by atoms with van der Waals surface area (Å²) in [5.41, 5.74) is 6.62. The second kappa shape index (κ2) is 5.82. The van der Waals surface area contributed by atoms with Gasteiger partial charge in [-0.2, -0.15) is 0 Å². The van der Waals surface area contributed by atoms with Gasteiger partial charge in [-0.1, -0.05) is 12.1 Å². The van der Waals surface area contributed by atoms with E-state index >= 15 is 0 Å². The van der Waals surface area contributed by atoms with Gasteiger partial charge in [0.25, 0.3) is 0 Å². The summed E-state index contributed by atoms with van der Waals surface area (Å²) in [5, 5.41) is 0. The number of benzene rings is 1. The summed E-state index contributed by atoms with van der Waals surface area (Å²) in [4.78, 5) is 15.2. The first kappa shape index (κ1) is 12.1. The molecular formula is C14H14N2O2. The number of hydrogen-bond donors (Lipinski definition) is 1. The lowest BCUT2D eigenvalue weighted by atomic mass is 10.2. The highest BCUT2D eigenvalue weighted by molar-refractivity contribution is 5.93. The number of primary amides is 1. The van der Waals surface area contributed by atoms with Crippen LogP contribution in [-0.4, -0.2) is 17.5 Å². The van der Waals surface area contributed by atoms with Crippen molar-refractivity contribution in [1.82, 2.24) is 4.98 Å². The van der Waals surface area contributed by atoms with Crippen molar-refractivity contribution in [3.63, 3.8) is 0 Å². The van der Waals surface area contributed by atoms with E-state index in [1.807, 2.05) is 18.2 Å². The molecule has 2 rings (SSSR count). The molecule has 92 valence electrons. The molecule has 0 bridgehead atoms. The Labute approximate surface area is 105 Å². The van der Waals surface area contributed by atoms with E-state index in [2.05, 4.69) is 4.98 Å². The number of hydrogen-bond acceptors (Lipinski definition) is 3. The zero-order chi connectivity index (χ0) is 12.8. The topological polar surface area (TPSA) is 65.2 Å². The Hall–Kier alpha value is -2.36. The van der Waals surface area contributed by atoms with Crippen LogP contribution in [0.25, 0.3) is 0 Å². The maximum atomic E-state index is 11.0. The van der Waals surface area contributed by atoms with Crippen LogP contribution < -0.4 is 10.5 Å². The lowest BCUT2D eigenvalue weighted by molar-refractivity contribution is 0.1000. The Balaban J connectivity index is 1.90. The maximum absolute atomic E-state index is 11.0. The minimum atomic E-state index is -0.454. The van der Waals surface area contributed by atoms with Crippen molar-refractivity contribution < 1.29 is 9.53 Å². The van der Waals surface area contributed by atoms with Crippen molar-refractivity contribution in [2.75, 3.05) is 6.61 Å². The number of aromatic nitrogens is 1. The predicted molar refractivity (Wildman–Crippen MR) is 68.4 cm³/mol. The summed E-state index contributed by atoms with van der Waals surface area (Å²) < 4.78 is 5.55. The Morgan fingerprint density at radius 1 is 1.22 bits per heavy atom. The van der Waals surface area contributed by atoms with Crippen LogP contribution in [0.5, 0.6) is 5.75 Å². The Kier molecular flexibility index (Phi) is 3.91. The Morgan fingerprint density at radius 3 is 2.83 bits per heavy atom. The summed E-state index contributed by atoms with van der Waals surface area (Å²) in [6, 6.07) is 12.6. The average Bonchev–Trinajstić information content (AvgIpc) is 2.40. The molecule has 0 saturated carbocycles. The van der Waals surface area contributed by atoms with E-state index in [9.17, 15) is 4.79 Å². The molecular weight excluding hydrogens is 228 g/mol. The SMILES string of the molecule is NC(=O)c1cccc(OCCc2ccccn2)c1. The predicted octanol–water partition coefficient (Wildman–Crippen LogP) is 1.80. The van der Waals surface area contributed by atoms with Crippen LogP contribution in [0.4, 0.5) is 0 Å². The molecule has 18 heavy (non-hydrogen) atoms. The molecule has 0 radical (unpaired) electrons. The van der Waals surface area contributed by atoms with E-state index in [0.29, 0.717) is 17.9 Å². The second-order valence-corrected chi connectivity index (χ2v) is 3.81. The third-order valence-electron chi connectivity index (χ3n) is 2.47. The minimum absolute atomic E-state index is 0.449. The molecule has 0 fully saturated rings. The van der Waals surface area contributed by atoms with Gasteiger partial charge in [-0.15, -0.1) is 0 Å². The van der Waals surface area contributed by atoms with Gasteiger partial charge in [0.2, 0.25) is 5.91 Å². The third kappa shape index (κ3) is 3.31. The number of ether oxygens (including phenoxy) is 1. The van der Waals surface area contributed by atoms with Gasteiger partial charge in [0.05, 0.1) is 6.61 Å². The molecule has 0 aliphatic heterocycles. The molecule has 4 nitrogen and oxygen atoms in total. The van der Waals surface area contributed by atoms with Gasteiger partial charge in [0.1, 0.15) is 5.75 Å². The fourth-order valence-corrected chi connectivity index (χ4v) is 1.56. The molecule has 0 unspecified atom stereocenters. The molecule has 0 aliphatic carbocycles. The van der Waals surface area contributed by atoms with Crippen molar-refractivity contribution in [3.8, 4) is 5.75 Å². The first-order chi connectivity index (χ1) is 8.75. The number of pyridine rings is 1. The first-order valence-electron chi connectivity index (χ1n) is 5.68. The number of carbonyl (C=O) groups excluding carboxylic acids is 1. The summed E-state index contributed by atoms with van der Waals surface area (Å²) in [6.45, 7) is 0.513. The highest BCUT2D eigenvalue weighted by Crippen LogP contribution is 2.13. The van der Waals surface area contributed by atoms with Gasteiger partial charge in [0, 0.05) is 23.9 Å². The smallest absolute Gasteiger partial charge is 0.248 e. The van der Waals surface area contributed by atoms with Gasteiger partial charge in [0.15, 0.2) is 0 Å². The molecule has 2 aromatic rings. The van der Waals surface area contributed by atoms with Gasteiger partial charge >= 0.3 is 0 Å². The van der Waals surface area contributed by atoms with E-state index in [1.54, 1.807) is 30.5 Å². The highest BCUT2D eigenvalue weighted by Gasteiger charge is 2.02. The zero-order valence-electron chi connectivity index (χ0n) is 9.87. The molecule has 1 aromatic carbocycles. The molecule has 0 atom stereocenters. The summed E-state index contributed by atoms with van der Waals surface area (Å²) in [5.74, 6) is 0.187. The third-order valence-corrected chi connectivity index (χ3v) is 2.47. The Morgan fingerprint density at radius 2 is 2.11 bits per heavy atom. The second-order valence-electron chi connectivity index (χ2n) is 3.81. The Bertz CT molecular complexity index is 526. The van der Waals surface area contributed by atoms with Crippen LogP contribution >= 0.6 is 0 Å². The summed E-state index contributed by atoms with van der Waals surface area (Å²) >= 11 is 0. The number of amides is 1. The van der Waals surface area contributed by atoms with Crippen LogP contribution in [0.1, 0.15) is 16.1 Å². The van der Waals surface area contributed by atoms with E-state index < -0.39 is 5.91 Å². The normalized spacial score (nSPS) is 10.0. The van der Waals surface area contributed by atoms with Crippen molar-refractivity contribution in [3.05, 3.63) is 59.9 Å². The minimum Gasteiger partial charge on any atom is -0.493 e. The standard InChI is InChI=1S/C14H14N2O2/c15-14(17)11-4-3-6-13(10-11)18-9-7-12-5-1-2-8-16-12/h1-6,8,10H,7,9H2,(H2,15,17). The van der Waals surface area contributed by atoms with E-state index in [4.69, 9.17) is 10.5 Å². The highest BCUT2D eigenvalue weighted by atomic mass is 16.5. The van der Waals surface area contributed by atoms with Crippen molar-refractivity contribution in [2.45, 2.75) is 6.42 Å². The lowest BCUT2D eigenvalue weighted by Crippen LogP contribution is -2.11. The van der Waals surface area contributed by atoms with Gasteiger partial charge in [-0.05, 0) is 30.3 Å². The number of carbonyl (C=O) groups is 1. The van der Waals surface area contributed by atoms with Crippen LogP contribution in [0.15, 0.2) is 48.7 Å². The molecule has 1 amide bonds. The molecule has 2 N–H and O–H groups in total. The van der Waals surface area contributed by atoms with Gasteiger partial charge in [-0.25, -0.2) is 0 Å². The molecule has 0 spiro atoms. The van der Waals surface area contributed by atoms with Crippen molar-refractivity contribution >= 4 is 5.91 Å². The number of nitrogens with two attached hydrogens (primary N) is 1. The maximum Gasteiger partial charge on any atom is 0.248 e. The quantitative estimate of drug-likeness (QED) is 0.869. The largest absolute Gasteiger partial charge is 0.493 e. The van der Waals surface area contributed by atoms with E-state index in [0.717, 1.165) is 12.1 Å². The van der Waals surface area contributed by atoms with Crippen LogP contribution in [0.2, 0.25) is 0 Å². The van der Waals surface area contributed by atoms with Gasteiger partial charge < -0.3 is 10.5 Å². The molecule has 4 heteroatoms. The molecule has 0 saturated heterocycles.